The number of hydrogen-bond acceptors (Lipinski definition) is 3. The zero-order valence-electron chi connectivity index (χ0n) is 11.8. The number of carbonyl (C=O) groups is 1. The Balaban J connectivity index is 1.98. The van der Waals surface area contributed by atoms with Gasteiger partial charge >= 0.3 is 0 Å². The highest BCUT2D eigenvalue weighted by atomic mass is 32.2. The van der Waals surface area contributed by atoms with Gasteiger partial charge in [-0.1, -0.05) is 19.3 Å². The summed E-state index contributed by atoms with van der Waals surface area (Å²) in [6.07, 6.45) is 5.49. The number of hydrogen-bond donors (Lipinski definition) is 1. The highest BCUT2D eigenvalue weighted by Crippen LogP contribution is 2.25. The van der Waals surface area contributed by atoms with Crippen LogP contribution in [0, 0.1) is 5.92 Å². The first-order chi connectivity index (χ1) is 9.46. The highest BCUT2D eigenvalue weighted by molar-refractivity contribution is 7.92. The van der Waals surface area contributed by atoms with E-state index in [1.54, 1.807) is 24.3 Å². The van der Waals surface area contributed by atoms with Crippen LogP contribution in [-0.4, -0.2) is 20.0 Å². The van der Waals surface area contributed by atoms with Crippen molar-refractivity contribution in [1.29, 1.82) is 0 Å². The molecule has 0 amide bonds. The lowest BCUT2D eigenvalue weighted by molar-refractivity contribution is 0.101. The van der Waals surface area contributed by atoms with E-state index in [2.05, 4.69) is 4.72 Å². The summed E-state index contributed by atoms with van der Waals surface area (Å²) < 4.78 is 26.8. The summed E-state index contributed by atoms with van der Waals surface area (Å²) >= 11 is 0. The number of Topliss-reactive ketones (excluding diaryl/α,β-unsaturated/α-hetero) is 1. The fourth-order valence-electron chi connectivity index (χ4n) is 2.66. The lowest BCUT2D eigenvalue weighted by Crippen LogP contribution is -2.24. The summed E-state index contributed by atoms with van der Waals surface area (Å²) in [5, 5.41) is 0. The lowest BCUT2D eigenvalue weighted by Gasteiger charge is -2.21. The van der Waals surface area contributed by atoms with Gasteiger partial charge in [0.2, 0.25) is 10.0 Å². The van der Waals surface area contributed by atoms with Crippen molar-refractivity contribution in [3.05, 3.63) is 29.8 Å². The molecule has 0 atom stereocenters. The van der Waals surface area contributed by atoms with Crippen LogP contribution in [-0.2, 0) is 10.0 Å². The molecule has 1 aromatic rings. The minimum Gasteiger partial charge on any atom is -0.295 e. The third kappa shape index (κ3) is 4.34. The Hall–Kier alpha value is -1.36. The van der Waals surface area contributed by atoms with E-state index < -0.39 is 10.0 Å². The van der Waals surface area contributed by atoms with Crippen LogP contribution in [0.15, 0.2) is 24.3 Å². The van der Waals surface area contributed by atoms with E-state index in [0.717, 1.165) is 25.7 Å². The van der Waals surface area contributed by atoms with Gasteiger partial charge in [0.25, 0.3) is 0 Å². The van der Waals surface area contributed by atoms with E-state index in [9.17, 15) is 13.2 Å². The summed E-state index contributed by atoms with van der Waals surface area (Å²) in [6.45, 7) is 1.49. The molecule has 1 aromatic carbocycles. The van der Waals surface area contributed by atoms with Gasteiger partial charge < -0.3 is 0 Å². The topological polar surface area (TPSA) is 63.2 Å². The van der Waals surface area contributed by atoms with Crippen LogP contribution in [0.4, 0.5) is 5.69 Å². The fourth-order valence-corrected chi connectivity index (χ4v) is 4.19. The number of ketones is 1. The standard InChI is InChI=1S/C15H21NO3S/c1-12(17)14-7-9-15(10-8-14)16-20(18,19)11-13-5-3-2-4-6-13/h7-10,13,16H,2-6,11H2,1H3. The SMILES string of the molecule is CC(=O)c1ccc(NS(=O)(=O)CC2CCCCC2)cc1. The molecule has 0 saturated heterocycles. The number of nitrogens with one attached hydrogen (secondary N) is 1. The maximum atomic E-state index is 12.1. The van der Waals surface area contributed by atoms with Crippen LogP contribution in [0.5, 0.6) is 0 Å². The van der Waals surface area contributed by atoms with Crippen molar-refractivity contribution in [3.63, 3.8) is 0 Å². The van der Waals surface area contributed by atoms with Crippen molar-refractivity contribution in [2.45, 2.75) is 39.0 Å². The van der Waals surface area contributed by atoms with E-state index in [-0.39, 0.29) is 17.5 Å². The summed E-state index contributed by atoms with van der Waals surface area (Å²) in [5.74, 6) is 0.445. The molecule has 0 radical (unpaired) electrons. The Morgan fingerprint density at radius 1 is 1.15 bits per heavy atom. The third-order valence-corrected chi connectivity index (χ3v) is 5.20. The molecule has 1 aliphatic carbocycles. The molecule has 0 heterocycles. The van der Waals surface area contributed by atoms with Crippen LogP contribution >= 0.6 is 0 Å². The first-order valence-corrected chi connectivity index (χ1v) is 8.73. The van der Waals surface area contributed by atoms with Crippen molar-refractivity contribution in [2.24, 2.45) is 5.92 Å². The number of benzene rings is 1. The molecule has 20 heavy (non-hydrogen) atoms. The molecule has 0 aliphatic heterocycles. The Bertz CT molecular complexity index is 557. The fraction of sp³-hybridized carbons (Fsp3) is 0.533. The van der Waals surface area contributed by atoms with Crippen LogP contribution in [0.25, 0.3) is 0 Å². The van der Waals surface area contributed by atoms with Gasteiger partial charge in [0.15, 0.2) is 5.78 Å². The largest absolute Gasteiger partial charge is 0.295 e. The first-order valence-electron chi connectivity index (χ1n) is 7.08. The van der Waals surface area contributed by atoms with E-state index in [1.807, 2.05) is 0 Å². The van der Waals surface area contributed by atoms with Gasteiger partial charge in [-0.05, 0) is 49.9 Å². The molecular weight excluding hydrogens is 274 g/mol. The van der Waals surface area contributed by atoms with Gasteiger partial charge in [-0.25, -0.2) is 8.42 Å². The monoisotopic (exact) mass is 295 g/mol. The maximum absolute atomic E-state index is 12.1. The first kappa shape index (κ1) is 15.0. The van der Waals surface area contributed by atoms with Gasteiger partial charge in [0.1, 0.15) is 0 Å². The number of rotatable bonds is 5. The molecular formula is C15H21NO3S. The normalized spacial score (nSPS) is 16.9. The van der Waals surface area contributed by atoms with E-state index >= 15 is 0 Å². The second kappa shape index (κ2) is 6.39. The predicted molar refractivity (Wildman–Crippen MR) is 80.4 cm³/mol. The van der Waals surface area contributed by atoms with Gasteiger partial charge in [0.05, 0.1) is 5.75 Å². The summed E-state index contributed by atoms with van der Waals surface area (Å²) in [4.78, 5) is 11.2. The molecule has 0 unspecified atom stereocenters. The molecule has 4 nitrogen and oxygen atoms in total. The summed E-state index contributed by atoms with van der Waals surface area (Å²) in [7, 11) is -3.30. The van der Waals surface area contributed by atoms with Gasteiger partial charge in [-0.15, -0.1) is 0 Å². The average molecular weight is 295 g/mol. The molecule has 1 N–H and O–H groups in total. The van der Waals surface area contributed by atoms with Crippen LogP contribution in [0.2, 0.25) is 0 Å². The van der Waals surface area contributed by atoms with Gasteiger partial charge in [-0.3, -0.25) is 9.52 Å². The molecule has 0 bridgehead atoms. The Morgan fingerprint density at radius 2 is 1.75 bits per heavy atom. The predicted octanol–water partition coefficient (Wildman–Crippen LogP) is 3.21. The molecule has 0 aromatic heterocycles. The zero-order valence-corrected chi connectivity index (χ0v) is 12.6. The summed E-state index contributed by atoms with van der Waals surface area (Å²) in [5.41, 5.74) is 1.10. The highest BCUT2D eigenvalue weighted by Gasteiger charge is 2.21. The molecule has 1 aliphatic rings. The number of sulfonamides is 1. The molecule has 1 saturated carbocycles. The van der Waals surface area contributed by atoms with Crippen molar-refractivity contribution in [1.82, 2.24) is 0 Å². The second-order valence-corrected chi connectivity index (χ2v) is 7.29. The number of anilines is 1. The van der Waals surface area contributed by atoms with Crippen molar-refractivity contribution < 1.29 is 13.2 Å². The van der Waals surface area contributed by atoms with Crippen LogP contribution in [0.3, 0.4) is 0 Å². The molecule has 1 fully saturated rings. The Morgan fingerprint density at radius 3 is 2.30 bits per heavy atom. The average Bonchev–Trinajstić information content (AvgIpc) is 2.39. The molecule has 0 spiro atoms. The summed E-state index contributed by atoms with van der Waals surface area (Å²) in [6, 6.07) is 6.55. The molecule has 2 rings (SSSR count). The number of carbonyl (C=O) groups excluding carboxylic acids is 1. The van der Waals surface area contributed by atoms with Crippen LogP contribution < -0.4 is 4.72 Å². The third-order valence-electron chi connectivity index (χ3n) is 3.74. The van der Waals surface area contributed by atoms with Crippen LogP contribution in [0.1, 0.15) is 49.4 Å². The minimum absolute atomic E-state index is 0.0263. The lowest BCUT2D eigenvalue weighted by atomic mass is 9.91. The van der Waals surface area contributed by atoms with E-state index in [4.69, 9.17) is 0 Å². The Labute approximate surface area is 120 Å². The minimum atomic E-state index is -3.30. The quantitative estimate of drug-likeness (QED) is 0.848. The van der Waals surface area contributed by atoms with Gasteiger partial charge in [-0.2, -0.15) is 0 Å². The van der Waals surface area contributed by atoms with E-state index in [0.29, 0.717) is 11.3 Å². The smallest absolute Gasteiger partial charge is 0.232 e. The van der Waals surface area contributed by atoms with Crippen molar-refractivity contribution >= 4 is 21.5 Å². The molecule has 110 valence electrons. The van der Waals surface area contributed by atoms with Gasteiger partial charge in [0, 0.05) is 11.3 Å². The van der Waals surface area contributed by atoms with E-state index in [1.165, 1.54) is 13.3 Å². The maximum Gasteiger partial charge on any atom is 0.232 e. The Kier molecular flexibility index (Phi) is 4.81. The zero-order chi connectivity index (χ0) is 14.6. The van der Waals surface area contributed by atoms with Crippen molar-refractivity contribution in [3.8, 4) is 0 Å². The second-order valence-electron chi connectivity index (χ2n) is 5.52. The van der Waals surface area contributed by atoms with Crippen molar-refractivity contribution in [2.75, 3.05) is 10.5 Å². The molecule has 5 heteroatoms.